The van der Waals surface area contributed by atoms with Gasteiger partial charge in [0.25, 0.3) is 0 Å². The van der Waals surface area contributed by atoms with Gasteiger partial charge in [0.1, 0.15) is 5.75 Å². The molecule has 1 aromatic carbocycles. The zero-order valence-corrected chi connectivity index (χ0v) is 8.46. The molecule has 0 bridgehead atoms. The molecule has 0 saturated carbocycles. The van der Waals surface area contributed by atoms with Gasteiger partial charge < -0.3 is 4.52 Å². The van der Waals surface area contributed by atoms with Crippen molar-refractivity contribution in [2.45, 2.75) is 6.92 Å². The van der Waals surface area contributed by atoms with Gasteiger partial charge in [0.05, 0.1) is 11.9 Å². The Morgan fingerprint density at radius 3 is 2.62 bits per heavy atom. The molecule has 72 valence electrons. The van der Waals surface area contributed by atoms with Crippen LogP contribution in [0.25, 0.3) is 0 Å². The highest BCUT2D eigenvalue weighted by molar-refractivity contribution is 7.48. The highest BCUT2D eigenvalue weighted by Crippen LogP contribution is 2.45. The smallest absolute Gasteiger partial charge is 0.403 e. The maximum Gasteiger partial charge on any atom is 0.544 e. The number of benzene rings is 1. The van der Waals surface area contributed by atoms with Gasteiger partial charge in [-0.05, 0) is 18.6 Å². The Balaban J connectivity index is 2.86. The average molecular weight is 223 g/mol. The molecular weight excluding hydrogens is 214 g/mol. The monoisotopic (exact) mass is 222 g/mol. The van der Waals surface area contributed by atoms with Crippen molar-refractivity contribution in [1.29, 1.82) is 0 Å². The van der Waals surface area contributed by atoms with Crippen LogP contribution in [0.15, 0.2) is 24.3 Å². The first-order valence-corrected chi connectivity index (χ1v) is 5.24. The Hall–Kier alpha value is -0.540. The Morgan fingerprint density at radius 2 is 2.08 bits per heavy atom. The molecule has 0 spiro atoms. The second-order valence-electron chi connectivity index (χ2n) is 2.39. The van der Waals surface area contributed by atoms with Crippen LogP contribution in [0, 0.1) is 6.92 Å². The SMILES string of the molecule is Cc1ccccc1OP(=O)(O)OCl. The number of aryl methyl sites for hydroxylation is 1. The zero-order chi connectivity index (χ0) is 9.90. The maximum atomic E-state index is 10.9. The second-order valence-corrected chi connectivity index (χ2v) is 4.07. The van der Waals surface area contributed by atoms with Gasteiger partial charge in [-0.25, -0.2) is 4.57 Å². The number of rotatable bonds is 3. The third-order valence-electron chi connectivity index (χ3n) is 1.39. The molecule has 0 aliphatic heterocycles. The summed E-state index contributed by atoms with van der Waals surface area (Å²) >= 11 is 4.76. The summed E-state index contributed by atoms with van der Waals surface area (Å²) in [7, 11) is -4.16. The van der Waals surface area contributed by atoms with Gasteiger partial charge in [0.2, 0.25) is 0 Å². The van der Waals surface area contributed by atoms with Crippen LogP contribution in [0.3, 0.4) is 0 Å². The highest BCUT2D eigenvalue weighted by Gasteiger charge is 2.22. The molecule has 4 nitrogen and oxygen atoms in total. The first kappa shape index (κ1) is 10.5. The van der Waals surface area contributed by atoms with Crippen molar-refractivity contribution in [2.75, 3.05) is 0 Å². The lowest BCUT2D eigenvalue weighted by Crippen LogP contribution is -1.92. The van der Waals surface area contributed by atoms with Gasteiger partial charge in [-0.3, -0.25) is 4.89 Å². The standard InChI is InChI=1S/C7H8ClO4P/c1-6-4-2-3-5-7(6)11-13(9,10)12-8/h2-5H,1H3,(H,9,10). The van der Waals surface area contributed by atoms with Crippen molar-refractivity contribution in [2.24, 2.45) is 0 Å². The summed E-state index contributed by atoms with van der Waals surface area (Å²) in [6.07, 6.45) is 0. The minimum absolute atomic E-state index is 0.272. The predicted octanol–water partition coefficient (Wildman–Crippen LogP) is 2.64. The molecule has 0 radical (unpaired) electrons. The van der Waals surface area contributed by atoms with Crippen LogP contribution in [0.5, 0.6) is 5.75 Å². The van der Waals surface area contributed by atoms with E-state index >= 15 is 0 Å². The topological polar surface area (TPSA) is 55.8 Å². The first-order chi connectivity index (χ1) is 6.05. The molecule has 0 aliphatic carbocycles. The van der Waals surface area contributed by atoms with Crippen molar-refractivity contribution in [1.82, 2.24) is 0 Å². The predicted molar refractivity (Wildman–Crippen MR) is 48.6 cm³/mol. The molecule has 1 atom stereocenters. The van der Waals surface area contributed by atoms with Crippen LogP contribution >= 0.6 is 19.7 Å². The molecule has 1 unspecified atom stereocenters. The van der Waals surface area contributed by atoms with Gasteiger partial charge in [-0.15, -0.1) is 0 Å². The van der Waals surface area contributed by atoms with Crippen LogP contribution in [0.2, 0.25) is 0 Å². The third-order valence-corrected chi connectivity index (χ3v) is 2.52. The molecule has 0 saturated heterocycles. The molecule has 1 N–H and O–H groups in total. The van der Waals surface area contributed by atoms with Gasteiger partial charge >= 0.3 is 7.82 Å². The van der Waals surface area contributed by atoms with Crippen molar-refractivity contribution in [3.63, 3.8) is 0 Å². The summed E-state index contributed by atoms with van der Waals surface area (Å²) < 4.78 is 19.3. The number of para-hydroxylation sites is 1. The van der Waals surface area contributed by atoms with Gasteiger partial charge in [-0.2, -0.15) is 4.08 Å². The normalized spacial score (nSPS) is 15.0. The quantitative estimate of drug-likeness (QED) is 0.799. The molecule has 0 aliphatic rings. The lowest BCUT2D eigenvalue weighted by Gasteiger charge is -2.10. The number of halogens is 1. The van der Waals surface area contributed by atoms with Crippen LogP contribution in [0.4, 0.5) is 0 Å². The van der Waals surface area contributed by atoms with E-state index in [1.807, 2.05) is 0 Å². The fourth-order valence-corrected chi connectivity index (χ4v) is 1.36. The highest BCUT2D eigenvalue weighted by atomic mass is 35.5. The van der Waals surface area contributed by atoms with Crippen molar-refractivity contribution < 1.29 is 18.1 Å². The van der Waals surface area contributed by atoms with Crippen LogP contribution in [-0.2, 0) is 8.64 Å². The molecule has 1 aromatic rings. The summed E-state index contributed by atoms with van der Waals surface area (Å²) in [6.45, 7) is 1.74. The van der Waals surface area contributed by atoms with E-state index in [0.29, 0.717) is 0 Å². The summed E-state index contributed by atoms with van der Waals surface area (Å²) in [6, 6.07) is 6.75. The van der Waals surface area contributed by atoms with Crippen LogP contribution in [0.1, 0.15) is 5.56 Å². The van der Waals surface area contributed by atoms with E-state index in [4.69, 9.17) is 16.8 Å². The van der Waals surface area contributed by atoms with E-state index in [9.17, 15) is 4.57 Å². The summed E-state index contributed by atoms with van der Waals surface area (Å²) in [5.74, 6) is 0.272. The van der Waals surface area contributed by atoms with Gasteiger partial charge in [-0.1, -0.05) is 18.2 Å². The van der Waals surface area contributed by atoms with Crippen LogP contribution < -0.4 is 4.52 Å². The van der Waals surface area contributed by atoms with E-state index in [1.165, 1.54) is 0 Å². The maximum absolute atomic E-state index is 10.9. The minimum Gasteiger partial charge on any atom is -0.403 e. The van der Waals surface area contributed by atoms with Crippen molar-refractivity contribution in [3.05, 3.63) is 29.8 Å². The molecular formula is C7H8ClO4P. The Bertz CT molecular complexity index is 341. The molecule has 1 rings (SSSR count). The molecule has 0 aromatic heterocycles. The number of hydrogen-bond acceptors (Lipinski definition) is 3. The Morgan fingerprint density at radius 1 is 1.46 bits per heavy atom. The van der Waals surface area contributed by atoms with E-state index in [0.717, 1.165) is 5.56 Å². The number of phosphoric acid groups is 1. The second kappa shape index (κ2) is 4.11. The Kier molecular flexibility index (Phi) is 3.33. The lowest BCUT2D eigenvalue weighted by molar-refractivity contribution is 0.299. The molecule has 0 amide bonds. The third kappa shape index (κ3) is 3.01. The fraction of sp³-hybridized carbons (Fsp3) is 0.143. The lowest BCUT2D eigenvalue weighted by atomic mass is 10.2. The first-order valence-electron chi connectivity index (χ1n) is 3.43. The van der Waals surface area contributed by atoms with Crippen molar-refractivity contribution in [3.8, 4) is 5.75 Å². The van der Waals surface area contributed by atoms with Crippen molar-refractivity contribution >= 4 is 19.7 Å². The van der Waals surface area contributed by atoms with E-state index in [1.54, 1.807) is 31.2 Å². The molecule has 13 heavy (non-hydrogen) atoms. The number of phosphoric ester groups is 1. The van der Waals surface area contributed by atoms with E-state index in [2.05, 4.69) is 8.60 Å². The average Bonchev–Trinajstić information content (AvgIpc) is 2.09. The minimum atomic E-state index is -4.16. The van der Waals surface area contributed by atoms with Gasteiger partial charge in [0, 0.05) is 0 Å². The fourth-order valence-electron chi connectivity index (χ4n) is 0.797. The summed E-state index contributed by atoms with van der Waals surface area (Å²) in [5, 5.41) is 0. The van der Waals surface area contributed by atoms with Crippen LogP contribution in [-0.4, -0.2) is 4.89 Å². The van der Waals surface area contributed by atoms with E-state index in [-0.39, 0.29) is 5.75 Å². The largest absolute Gasteiger partial charge is 0.544 e. The summed E-state index contributed by atoms with van der Waals surface area (Å²) in [4.78, 5) is 8.88. The van der Waals surface area contributed by atoms with E-state index < -0.39 is 7.82 Å². The zero-order valence-electron chi connectivity index (χ0n) is 6.81. The molecule has 0 heterocycles. The number of hydrogen-bond donors (Lipinski definition) is 1. The molecule has 0 fully saturated rings. The molecule has 6 heteroatoms. The Labute approximate surface area is 80.8 Å². The summed E-state index contributed by atoms with van der Waals surface area (Å²) in [5.41, 5.74) is 0.727. The van der Waals surface area contributed by atoms with Gasteiger partial charge in [0.15, 0.2) is 0 Å².